The van der Waals surface area contributed by atoms with Crippen LogP contribution < -0.4 is 0 Å². The third-order valence-electron chi connectivity index (χ3n) is 4.50. The summed E-state index contributed by atoms with van der Waals surface area (Å²) in [6.07, 6.45) is 4.80. The number of hydrogen-bond donors (Lipinski definition) is 0. The van der Waals surface area contributed by atoms with Crippen LogP contribution in [0.4, 0.5) is 0 Å². The van der Waals surface area contributed by atoms with E-state index < -0.39 is 0 Å². The number of aromatic nitrogens is 2. The van der Waals surface area contributed by atoms with Gasteiger partial charge in [0.15, 0.2) is 0 Å². The summed E-state index contributed by atoms with van der Waals surface area (Å²) >= 11 is 0. The molecule has 0 unspecified atom stereocenters. The molecule has 144 valence electrons. The number of amides is 1. The molecule has 0 spiro atoms. The number of ether oxygens (including phenoxy) is 1. The number of carbonyl (C=O) groups excluding carboxylic acids is 2. The van der Waals surface area contributed by atoms with Crippen LogP contribution in [0.3, 0.4) is 0 Å². The Morgan fingerprint density at radius 3 is 2.43 bits per heavy atom. The second-order valence-electron chi connectivity index (χ2n) is 6.57. The summed E-state index contributed by atoms with van der Waals surface area (Å²) in [5.74, 6) is -0.309. The largest absolute Gasteiger partial charge is 0.465 e. The molecule has 28 heavy (non-hydrogen) atoms. The Kier molecular flexibility index (Phi) is 6.22. The summed E-state index contributed by atoms with van der Waals surface area (Å²) in [5, 5.41) is 4.36. The van der Waals surface area contributed by atoms with Gasteiger partial charge in [-0.15, -0.1) is 0 Å². The van der Waals surface area contributed by atoms with Crippen molar-refractivity contribution in [3.8, 4) is 5.69 Å². The Hall–Kier alpha value is -3.41. The number of para-hydroxylation sites is 1. The lowest BCUT2D eigenvalue weighted by molar-refractivity contribution is -0.130. The van der Waals surface area contributed by atoms with Crippen molar-refractivity contribution in [1.29, 1.82) is 0 Å². The van der Waals surface area contributed by atoms with E-state index in [0.29, 0.717) is 24.9 Å². The summed E-state index contributed by atoms with van der Waals surface area (Å²) in [4.78, 5) is 25.6. The SMILES string of the molecule is COC(=O)c1ccc(CN(C)C(=O)CCc2cnn(-c3ccccc3)c2)cc1. The topological polar surface area (TPSA) is 64.4 Å². The first-order valence-corrected chi connectivity index (χ1v) is 9.07. The highest BCUT2D eigenvalue weighted by molar-refractivity contribution is 5.89. The molecule has 1 aromatic heterocycles. The van der Waals surface area contributed by atoms with E-state index in [0.717, 1.165) is 16.8 Å². The average molecular weight is 377 g/mol. The van der Waals surface area contributed by atoms with Gasteiger partial charge in [0.05, 0.1) is 24.6 Å². The van der Waals surface area contributed by atoms with Crippen molar-refractivity contribution >= 4 is 11.9 Å². The first-order valence-electron chi connectivity index (χ1n) is 9.07. The van der Waals surface area contributed by atoms with Gasteiger partial charge in [-0.2, -0.15) is 5.10 Å². The van der Waals surface area contributed by atoms with Gasteiger partial charge in [0, 0.05) is 26.2 Å². The lowest BCUT2D eigenvalue weighted by Gasteiger charge is -2.17. The molecule has 6 heteroatoms. The first-order chi connectivity index (χ1) is 13.6. The van der Waals surface area contributed by atoms with Crippen LogP contribution in [-0.2, 0) is 22.5 Å². The highest BCUT2D eigenvalue weighted by Crippen LogP contribution is 2.12. The highest BCUT2D eigenvalue weighted by atomic mass is 16.5. The fourth-order valence-electron chi connectivity index (χ4n) is 2.88. The van der Waals surface area contributed by atoms with Gasteiger partial charge in [-0.1, -0.05) is 30.3 Å². The Morgan fingerprint density at radius 1 is 1.04 bits per heavy atom. The molecule has 0 aliphatic carbocycles. The Morgan fingerprint density at radius 2 is 1.75 bits per heavy atom. The van der Waals surface area contributed by atoms with Crippen molar-refractivity contribution in [2.45, 2.75) is 19.4 Å². The number of methoxy groups -OCH3 is 1. The average Bonchev–Trinajstić information content (AvgIpc) is 3.21. The molecule has 0 fully saturated rings. The predicted molar refractivity (Wildman–Crippen MR) is 106 cm³/mol. The number of rotatable bonds is 7. The monoisotopic (exact) mass is 377 g/mol. The third kappa shape index (κ3) is 4.85. The molecule has 6 nitrogen and oxygen atoms in total. The molecule has 0 atom stereocenters. The molecule has 0 aliphatic rings. The molecule has 3 rings (SSSR count). The highest BCUT2D eigenvalue weighted by Gasteiger charge is 2.11. The minimum atomic E-state index is -0.368. The van der Waals surface area contributed by atoms with Crippen LogP contribution in [0.25, 0.3) is 5.69 Å². The van der Waals surface area contributed by atoms with Crippen molar-refractivity contribution < 1.29 is 14.3 Å². The standard InChI is InChI=1S/C22H23N3O3/c1-24(15-17-8-11-19(12-9-17)22(27)28-2)21(26)13-10-18-14-23-25(16-18)20-6-4-3-5-7-20/h3-9,11-12,14,16H,10,13,15H2,1-2H3. The zero-order chi connectivity index (χ0) is 19.9. The van der Waals surface area contributed by atoms with E-state index in [-0.39, 0.29) is 11.9 Å². The number of carbonyl (C=O) groups is 2. The molecular formula is C22H23N3O3. The summed E-state index contributed by atoms with van der Waals surface area (Å²) < 4.78 is 6.50. The van der Waals surface area contributed by atoms with Gasteiger partial charge < -0.3 is 9.64 Å². The first kappa shape index (κ1) is 19.4. The third-order valence-corrected chi connectivity index (χ3v) is 4.50. The molecule has 0 saturated heterocycles. The maximum atomic E-state index is 12.4. The lowest BCUT2D eigenvalue weighted by Crippen LogP contribution is -2.26. The van der Waals surface area contributed by atoms with Crippen LogP contribution in [0, 0.1) is 0 Å². The van der Waals surface area contributed by atoms with Crippen LogP contribution in [0.2, 0.25) is 0 Å². The number of nitrogens with zero attached hydrogens (tertiary/aromatic N) is 3. The fourth-order valence-corrected chi connectivity index (χ4v) is 2.88. The van der Waals surface area contributed by atoms with E-state index in [4.69, 9.17) is 0 Å². The Bertz CT molecular complexity index is 933. The lowest BCUT2D eigenvalue weighted by atomic mass is 10.1. The smallest absolute Gasteiger partial charge is 0.337 e. The van der Waals surface area contributed by atoms with Crippen LogP contribution >= 0.6 is 0 Å². The van der Waals surface area contributed by atoms with Gasteiger partial charge in [-0.25, -0.2) is 9.48 Å². The van der Waals surface area contributed by atoms with Crippen LogP contribution in [0.5, 0.6) is 0 Å². The van der Waals surface area contributed by atoms with Gasteiger partial charge >= 0.3 is 5.97 Å². The van der Waals surface area contributed by atoms with E-state index in [2.05, 4.69) is 9.84 Å². The van der Waals surface area contributed by atoms with Crippen LogP contribution in [-0.4, -0.2) is 40.7 Å². The van der Waals surface area contributed by atoms with Crippen molar-refractivity contribution in [2.24, 2.45) is 0 Å². The van der Waals surface area contributed by atoms with Crippen molar-refractivity contribution in [2.75, 3.05) is 14.2 Å². The molecule has 0 bridgehead atoms. The Labute approximate surface area is 164 Å². The van der Waals surface area contributed by atoms with E-state index >= 15 is 0 Å². The molecule has 1 heterocycles. The number of aryl methyl sites for hydroxylation is 1. The normalized spacial score (nSPS) is 10.5. The Balaban J connectivity index is 1.52. The minimum Gasteiger partial charge on any atom is -0.465 e. The fraction of sp³-hybridized carbons (Fsp3) is 0.227. The van der Waals surface area contributed by atoms with Crippen molar-refractivity contribution in [3.63, 3.8) is 0 Å². The maximum Gasteiger partial charge on any atom is 0.337 e. The number of benzene rings is 2. The van der Waals surface area contributed by atoms with Gasteiger partial charge in [-0.05, 0) is 41.8 Å². The summed E-state index contributed by atoms with van der Waals surface area (Å²) in [7, 11) is 3.14. The quantitative estimate of drug-likeness (QED) is 0.593. The summed E-state index contributed by atoms with van der Waals surface area (Å²) in [6, 6.07) is 16.9. The summed E-state index contributed by atoms with van der Waals surface area (Å²) in [5.41, 5.74) is 3.47. The van der Waals surface area contributed by atoms with E-state index in [1.807, 2.05) is 53.3 Å². The molecule has 3 aromatic rings. The van der Waals surface area contributed by atoms with Gasteiger partial charge in [-0.3, -0.25) is 4.79 Å². The molecule has 0 N–H and O–H groups in total. The van der Waals surface area contributed by atoms with Gasteiger partial charge in [0.1, 0.15) is 0 Å². The second-order valence-corrected chi connectivity index (χ2v) is 6.57. The van der Waals surface area contributed by atoms with E-state index in [1.165, 1.54) is 7.11 Å². The predicted octanol–water partition coefficient (Wildman–Crippen LogP) is 3.25. The van der Waals surface area contributed by atoms with E-state index in [9.17, 15) is 9.59 Å². The molecule has 0 aliphatic heterocycles. The van der Waals surface area contributed by atoms with Crippen LogP contribution in [0.15, 0.2) is 67.0 Å². The molecule has 1 amide bonds. The maximum absolute atomic E-state index is 12.4. The van der Waals surface area contributed by atoms with Crippen molar-refractivity contribution in [1.82, 2.24) is 14.7 Å². The van der Waals surface area contributed by atoms with Gasteiger partial charge in [0.2, 0.25) is 5.91 Å². The minimum absolute atomic E-state index is 0.0597. The zero-order valence-corrected chi connectivity index (χ0v) is 16.0. The number of esters is 1. The number of hydrogen-bond acceptors (Lipinski definition) is 4. The summed E-state index contributed by atoms with van der Waals surface area (Å²) in [6.45, 7) is 0.490. The van der Waals surface area contributed by atoms with Crippen molar-refractivity contribution in [3.05, 3.63) is 83.7 Å². The molecular weight excluding hydrogens is 354 g/mol. The molecule has 0 radical (unpaired) electrons. The second kappa shape index (κ2) is 8.99. The van der Waals surface area contributed by atoms with Crippen LogP contribution in [0.1, 0.15) is 27.9 Å². The molecule has 2 aromatic carbocycles. The van der Waals surface area contributed by atoms with Gasteiger partial charge in [0.25, 0.3) is 0 Å². The zero-order valence-electron chi connectivity index (χ0n) is 16.0. The molecule has 0 saturated carbocycles. The van der Waals surface area contributed by atoms with E-state index in [1.54, 1.807) is 30.3 Å².